The summed E-state index contributed by atoms with van der Waals surface area (Å²) >= 11 is 2.01. The van der Waals surface area contributed by atoms with Crippen molar-refractivity contribution in [3.8, 4) is 0 Å². The van der Waals surface area contributed by atoms with Crippen molar-refractivity contribution in [2.75, 3.05) is 0 Å². The monoisotopic (exact) mass is 245 g/mol. The Hall–Kier alpha value is 0.530. The highest BCUT2D eigenvalue weighted by Gasteiger charge is 1.91. The first-order chi connectivity index (χ1) is 4.13. The van der Waals surface area contributed by atoms with Gasteiger partial charge in [0.1, 0.15) is 4.17 Å². The Bertz CT molecular complexity index is 57.2. The number of nitrogens with two attached hydrogens (primary N) is 2. The van der Waals surface area contributed by atoms with Crippen molar-refractivity contribution in [1.82, 2.24) is 16.4 Å². The number of rotatable bonds is 4. The van der Waals surface area contributed by atoms with E-state index in [4.69, 9.17) is 11.5 Å². The van der Waals surface area contributed by atoms with E-state index in [2.05, 4.69) is 16.4 Å². The molecule has 0 aromatic carbocycles. The highest BCUT2D eigenvalue weighted by Crippen LogP contribution is 1.78. The largest absolute Gasteiger partial charge is 0.315 e. The summed E-state index contributed by atoms with van der Waals surface area (Å²) in [6.45, 7) is 1.81. The summed E-state index contributed by atoms with van der Waals surface area (Å²) in [5.41, 5.74) is 18.7. The van der Waals surface area contributed by atoms with E-state index in [9.17, 15) is 0 Å². The van der Waals surface area contributed by atoms with Crippen LogP contribution in [-0.4, -0.2) is 10.3 Å². The maximum absolute atomic E-state index is 5.32. The standard InChI is InChI=1S/C3H12IN5/c1-2(5)7-9-8-3(4)6/h2-3,7-9H,5-6H2,1H3. The normalized spacial score (nSPS) is 17.3. The first-order valence-electron chi connectivity index (χ1n) is 2.54. The molecule has 0 saturated carbocycles. The van der Waals surface area contributed by atoms with E-state index in [0.717, 1.165) is 0 Å². The number of hydrazine groups is 2. The Morgan fingerprint density at radius 1 is 1.33 bits per heavy atom. The zero-order valence-corrected chi connectivity index (χ0v) is 7.34. The summed E-state index contributed by atoms with van der Waals surface area (Å²) in [4.78, 5) is 0. The maximum atomic E-state index is 5.32. The van der Waals surface area contributed by atoms with Crippen LogP contribution in [0, 0.1) is 0 Å². The molecule has 0 aliphatic rings. The van der Waals surface area contributed by atoms with Crippen LogP contribution in [0.2, 0.25) is 0 Å². The molecule has 0 radical (unpaired) electrons. The molecule has 2 atom stereocenters. The van der Waals surface area contributed by atoms with Crippen molar-refractivity contribution >= 4 is 22.6 Å². The number of nitrogens with one attached hydrogen (secondary N) is 3. The van der Waals surface area contributed by atoms with Gasteiger partial charge in [0.05, 0.1) is 6.17 Å². The molecule has 7 N–H and O–H groups in total. The minimum absolute atomic E-state index is 0.0901. The molecule has 6 heteroatoms. The lowest BCUT2D eigenvalue weighted by Gasteiger charge is -2.11. The number of hydrogen-bond donors (Lipinski definition) is 5. The molecule has 56 valence electrons. The van der Waals surface area contributed by atoms with Crippen LogP contribution in [0.5, 0.6) is 0 Å². The molecule has 0 fully saturated rings. The minimum Gasteiger partial charge on any atom is -0.315 e. The zero-order chi connectivity index (χ0) is 7.28. The highest BCUT2D eigenvalue weighted by molar-refractivity contribution is 14.1. The maximum Gasteiger partial charge on any atom is 0.122 e. The quantitative estimate of drug-likeness (QED) is 0.138. The minimum atomic E-state index is -0.117. The van der Waals surface area contributed by atoms with Gasteiger partial charge in [0.2, 0.25) is 0 Å². The van der Waals surface area contributed by atoms with Crippen LogP contribution in [0.1, 0.15) is 6.92 Å². The molecule has 0 aliphatic heterocycles. The Balaban J connectivity index is 2.91. The molecule has 0 saturated heterocycles. The highest BCUT2D eigenvalue weighted by atomic mass is 127. The first kappa shape index (κ1) is 9.53. The SMILES string of the molecule is CC(N)NNNC(N)I. The van der Waals surface area contributed by atoms with Crippen LogP contribution >= 0.6 is 22.6 Å². The topological polar surface area (TPSA) is 88.1 Å². The third kappa shape index (κ3) is 8.53. The van der Waals surface area contributed by atoms with Gasteiger partial charge in [-0.05, 0) is 29.5 Å². The Morgan fingerprint density at radius 2 is 1.89 bits per heavy atom. The molecule has 0 aromatic heterocycles. The van der Waals surface area contributed by atoms with Gasteiger partial charge in [0, 0.05) is 0 Å². The van der Waals surface area contributed by atoms with Crippen LogP contribution < -0.4 is 27.9 Å². The summed E-state index contributed by atoms with van der Waals surface area (Å²) < 4.78 is -0.117. The molecule has 2 unspecified atom stereocenters. The van der Waals surface area contributed by atoms with Gasteiger partial charge in [-0.3, -0.25) is 0 Å². The van der Waals surface area contributed by atoms with Gasteiger partial charge in [0.15, 0.2) is 0 Å². The molecule has 0 aromatic rings. The van der Waals surface area contributed by atoms with Crippen LogP contribution in [0.25, 0.3) is 0 Å². The first-order valence-corrected chi connectivity index (χ1v) is 3.79. The van der Waals surface area contributed by atoms with E-state index in [0.29, 0.717) is 0 Å². The van der Waals surface area contributed by atoms with E-state index in [1.807, 2.05) is 29.5 Å². The fraction of sp³-hybridized carbons (Fsp3) is 1.00. The molecule has 0 rings (SSSR count). The van der Waals surface area contributed by atoms with Crippen LogP contribution in [-0.2, 0) is 0 Å². The fourth-order valence-corrected chi connectivity index (χ4v) is 0.380. The molecule has 5 nitrogen and oxygen atoms in total. The second-order valence-electron chi connectivity index (χ2n) is 1.60. The van der Waals surface area contributed by atoms with E-state index < -0.39 is 0 Å². The summed E-state index contributed by atoms with van der Waals surface area (Å²) in [6, 6.07) is 0. The Labute approximate surface area is 68.0 Å². The van der Waals surface area contributed by atoms with Gasteiger partial charge in [-0.15, -0.1) is 0 Å². The average Bonchev–Trinajstić information content (AvgIpc) is 1.63. The molecule has 9 heavy (non-hydrogen) atoms. The lowest BCUT2D eigenvalue weighted by Crippen LogP contribution is -2.54. The van der Waals surface area contributed by atoms with E-state index >= 15 is 0 Å². The van der Waals surface area contributed by atoms with Crippen molar-refractivity contribution in [3.63, 3.8) is 0 Å². The second-order valence-corrected chi connectivity index (χ2v) is 2.95. The predicted molar refractivity (Wildman–Crippen MR) is 45.1 cm³/mol. The molecule has 0 spiro atoms. The molecule has 0 heterocycles. The van der Waals surface area contributed by atoms with Crippen molar-refractivity contribution < 1.29 is 0 Å². The Kier molecular flexibility index (Phi) is 5.64. The predicted octanol–water partition coefficient (Wildman–Crippen LogP) is -1.43. The van der Waals surface area contributed by atoms with Gasteiger partial charge in [0.25, 0.3) is 0 Å². The van der Waals surface area contributed by atoms with Gasteiger partial charge in [-0.2, -0.15) is 5.53 Å². The van der Waals surface area contributed by atoms with Gasteiger partial charge in [-0.25, -0.2) is 10.9 Å². The van der Waals surface area contributed by atoms with E-state index in [1.165, 1.54) is 0 Å². The smallest absolute Gasteiger partial charge is 0.122 e. The van der Waals surface area contributed by atoms with Crippen molar-refractivity contribution in [2.24, 2.45) is 11.5 Å². The third-order valence-electron chi connectivity index (χ3n) is 0.510. The number of hydrogen-bond acceptors (Lipinski definition) is 5. The lowest BCUT2D eigenvalue weighted by molar-refractivity contribution is 0.387. The van der Waals surface area contributed by atoms with Gasteiger partial charge >= 0.3 is 0 Å². The molecule has 0 aliphatic carbocycles. The fourth-order valence-electron chi connectivity index (χ4n) is 0.224. The van der Waals surface area contributed by atoms with Crippen molar-refractivity contribution in [1.29, 1.82) is 0 Å². The van der Waals surface area contributed by atoms with E-state index in [1.54, 1.807) is 0 Å². The van der Waals surface area contributed by atoms with Gasteiger partial charge in [-0.1, -0.05) is 0 Å². The second kappa shape index (κ2) is 5.33. The number of halogens is 1. The average molecular weight is 245 g/mol. The molecule has 0 bridgehead atoms. The molecule has 0 amide bonds. The summed E-state index contributed by atoms with van der Waals surface area (Å²) in [5.74, 6) is 0. The van der Waals surface area contributed by atoms with Crippen LogP contribution in [0.4, 0.5) is 0 Å². The summed E-state index contributed by atoms with van der Waals surface area (Å²) in [7, 11) is 0. The van der Waals surface area contributed by atoms with Crippen molar-refractivity contribution in [3.05, 3.63) is 0 Å². The summed E-state index contributed by atoms with van der Waals surface area (Å²) in [5, 5.41) is 0. The van der Waals surface area contributed by atoms with E-state index in [-0.39, 0.29) is 10.3 Å². The molecular weight excluding hydrogens is 233 g/mol. The van der Waals surface area contributed by atoms with Crippen molar-refractivity contribution in [2.45, 2.75) is 17.3 Å². The zero-order valence-electron chi connectivity index (χ0n) is 5.19. The third-order valence-corrected chi connectivity index (χ3v) is 0.821. The summed E-state index contributed by atoms with van der Waals surface area (Å²) in [6.07, 6.45) is -0.0901. The Morgan fingerprint density at radius 3 is 2.22 bits per heavy atom. The lowest BCUT2D eigenvalue weighted by atomic mass is 10.6. The van der Waals surface area contributed by atoms with Crippen LogP contribution in [0.15, 0.2) is 0 Å². The molecular formula is C3H12IN5. The van der Waals surface area contributed by atoms with Crippen LogP contribution in [0.3, 0.4) is 0 Å². The van der Waals surface area contributed by atoms with Gasteiger partial charge < -0.3 is 11.5 Å². The number of alkyl halides is 1.